The molecule has 138 valence electrons. The number of aromatic hydroxyl groups is 1. The Labute approximate surface area is 151 Å². The van der Waals surface area contributed by atoms with E-state index < -0.39 is 0 Å². The Bertz CT molecular complexity index is 551. The number of rotatable bonds is 5. The van der Waals surface area contributed by atoms with Gasteiger partial charge in [0, 0.05) is 26.2 Å². The van der Waals surface area contributed by atoms with Gasteiger partial charge in [-0.15, -0.1) is 0 Å². The van der Waals surface area contributed by atoms with E-state index >= 15 is 0 Å². The quantitative estimate of drug-likeness (QED) is 0.637. The minimum atomic E-state index is 0.305. The molecule has 0 saturated carbocycles. The molecule has 1 aromatic carbocycles. The van der Waals surface area contributed by atoms with Crippen LogP contribution >= 0.6 is 0 Å². The number of phenols is 1. The summed E-state index contributed by atoms with van der Waals surface area (Å²) in [5.74, 6) is 2.09. The van der Waals surface area contributed by atoms with Crippen molar-refractivity contribution >= 4 is 5.96 Å². The van der Waals surface area contributed by atoms with Gasteiger partial charge in [0.25, 0.3) is 0 Å². The highest BCUT2D eigenvalue weighted by Gasteiger charge is 2.26. The number of benzene rings is 1. The van der Waals surface area contributed by atoms with Gasteiger partial charge in [0.05, 0.1) is 6.54 Å². The van der Waals surface area contributed by atoms with Crippen molar-refractivity contribution in [2.75, 3.05) is 39.3 Å². The third kappa shape index (κ3) is 5.36. The summed E-state index contributed by atoms with van der Waals surface area (Å²) in [6, 6.07) is 7.32. The Morgan fingerprint density at radius 2 is 1.92 bits per heavy atom. The van der Waals surface area contributed by atoms with Gasteiger partial charge in [0.15, 0.2) is 5.96 Å². The van der Waals surface area contributed by atoms with Crippen molar-refractivity contribution in [3.8, 4) is 5.75 Å². The van der Waals surface area contributed by atoms with Crippen molar-refractivity contribution in [2.24, 2.45) is 10.9 Å². The molecule has 5 heteroatoms. The number of hydrogen-bond acceptors (Lipinski definition) is 3. The van der Waals surface area contributed by atoms with Gasteiger partial charge < -0.3 is 20.2 Å². The number of guanidine groups is 1. The molecule has 0 radical (unpaired) electrons. The number of phenolic OH excluding ortho intramolecular Hbond substituents is 1. The van der Waals surface area contributed by atoms with Crippen LogP contribution in [0.3, 0.4) is 0 Å². The molecule has 2 heterocycles. The predicted molar refractivity (Wildman–Crippen MR) is 103 cm³/mol. The number of nitrogens with one attached hydrogen (secondary N) is 1. The van der Waals surface area contributed by atoms with Crippen molar-refractivity contribution in [2.45, 2.75) is 39.2 Å². The zero-order valence-corrected chi connectivity index (χ0v) is 15.5. The lowest BCUT2D eigenvalue weighted by Crippen LogP contribution is -2.41. The second-order valence-corrected chi connectivity index (χ2v) is 7.30. The number of aliphatic imine (C=N–C) groups is 1. The average molecular weight is 345 g/mol. The molecule has 2 N–H and O–H groups in total. The fourth-order valence-corrected chi connectivity index (χ4v) is 3.87. The van der Waals surface area contributed by atoms with Gasteiger partial charge in [-0.3, -0.25) is 0 Å². The normalized spacial score (nSPS) is 22.4. The molecular formula is C20H32N4O. The SMILES string of the molecule is CCNC(=NCc1ccc(O)cc1)N1CCC(CN2CCCCC2)C1. The van der Waals surface area contributed by atoms with Gasteiger partial charge in [-0.25, -0.2) is 4.99 Å². The highest BCUT2D eigenvalue weighted by Crippen LogP contribution is 2.20. The summed E-state index contributed by atoms with van der Waals surface area (Å²) < 4.78 is 0. The molecule has 1 aromatic rings. The van der Waals surface area contributed by atoms with Gasteiger partial charge in [0.1, 0.15) is 5.75 Å². The third-order valence-electron chi connectivity index (χ3n) is 5.23. The first-order valence-electron chi connectivity index (χ1n) is 9.78. The molecule has 5 nitrogen and oxygen atoms in total. The van der Waals surface area contributed by atoms with E-state index in [2.05, 4.69) is 22.0 Å². The number of likely N-dealkylation sites (tertiary alicyclic amines) is 2. The molecule has 1 atom stereocenters. The van der Waals surface area contributed by atoms with E-state index in [-0.39, 0.29) is 0 Å². The Kier molecular flexibility index (Phi) is 6.56. The Morgan fingerprint density at radius 1 is 1.16 bits per heavy atom. The Balaban J connectivity index is 1.54. The van der Waals surface area contributed by atoms with Gasteiger partial charge in [0.2, 0.25) is 0 Å². The molecule has 2 aliphatic heterocycles. The van der Waals surface area contributed by atoms with E-state index in [0.29, 0.717) is 12.3 Å². The maximum Gasteiger partial charge on any atom is 0.194 e. The van der Waals surface area contributed by atoms with Crippen LogP contribution in [-0.4, -0.2) is 60.1 Å². The first-order chi connectivity index (χ1) is 12.2. The van der Waals surface area contributed by atoms with Crippen LogP contribution in [0.15, 0.2) is 29.3 Å². The molecule has 25 heavy (non-hydrogen) atoms. The van der Waals surface area contributed by atoms with Crippen LogP contribution in [-0.2, 0) is 6.54 Å². The van der Waals surface area contributed by atoms with Crippen molar-refractivity contribution < 1.29 is 5.11 Å². The molecule has 0 bridgehead atoms. The summed E-state index contributed by atoms with van der Waals surface area (Å²) in [6.45, 7) is 9.68. The van der Waals surface area contributed by atoms with E-state index in [4.69, 9.17) is 4.99 Å². The highest BCUT2D eigenvalue weighted by atomic mass is 16.3. The second kappa shape index (κ2) is 9.09. The molecule has 1 unspecified atom stereocenters. The van der Waals surface area contributed by atoms with E-state index in [1.807, 2.05) is 12.1 Å². The van der Waals surface area contributed by atoms with Crippen molar-refractivity contribution in [3.05, 3.63) is 29.8 Å². The molecule has 0 aliphatic carbocycles. The smallest absolute Gasteiger partial charge is 0.194 e. The maximum absolute atomic E-state index is 9.39. The summed E-state index contributed by atoms with van der Waals surface area (Å²) in [5.41, 5.74) is 1.12. The van der Waals surface area contributed by atoms with Crippen LogP contribution in [0.25, 0.3) is 0 Å². The largest absolute Gasteiger partial charge is 0.508 e. The molecule has 2 saturated heterocycles. The van der Waals surface area contributed by atoms with Crippen molar-refractivity contribution in [1.29, 1.82) is 0 Å². The van der Waals surface area contributed by atoms with Crippen LogP contribution in [0.2, 0.25) is 0 Å². The molecule has 0 aromatic heterocycles. The molecular weight excluding hydrogens is 312 g/mol. The lowest BCUT2D eigenvalue weighted by atomic mass is 10.1. The predicted octanol–water partition coefficient (Wildman–Crippen LogP) is 2.67. The van der Waals surface area contributed by atoms with Gasteiger partial charge in [-0.1, -0.05) is 18.6 Å². The van der Waals surface area contributed by atoms with E-state index in [1.165, 1.54) is 45.3 Å². The summed E-state index contributed by atoms with van der Waals surface area (Å²) in [5, 5.41) is 12.8. The van der Waals surface area contributed by atoms with Crippen LogP contribution in [0, 0.1) is 5.92 Å². The first kappa shape index (κ1) is 18.1. The minimum absolute atomic E-state index is 0.305. The van der Waals surface area contributed by atoms with Crippen LogP contribution in [0.4, 0.5) is 0 Å². The van der Waals surface area contributed by atoms with E-state index in [1.54, 1.807) is 12.1 Å². The average Bonchev–Trinajstić information content (AvgIpc) is 3.09. The van der Waals surface area contributed by atoms with E-state index in [0.717, 1.165) is 37.1 Å². The van der Waals surface area contributed by atoms with Gasteiger partial charge >= 0.3 is 0 Å². The van der Waals surface area contributed by atoms with Crippen molar-refractivity contribution in [1.82, 2.24) is 15.1 Å². The molecule has 2 fully saturated rings. The highest BCUT2D eigenvalue weighted by molar-refractivity contribution is 5.80. The monoisotopic (exact) mass is 344 g/mol. The van der Waals surface area contributed by atoms with Crippen LogP contribution in [0.5, 0.6) is 5.75 Å². The number of nitrogens with zero attached hydrogens (tertiary/aromatic N) is 3. The lowest BCUT2D eigenvalue weighted by Gasteiger charge is -2.29. The molecule has 0 amide bonds. The first-order valence-corrected chi connectivity index (χ1v) is 9.78. The molecule has 2 aliphatic rings. The third-order valence-corrected chi connectivity index (χ3v) is 5.23. The summed E-state index contributed by atoms with van der Waals surface area (Å²) in [7, 11) is 0. The second-order valence-electron chi connectivity index (χ2n) is 7.30. The Hall–Kier alpha value is -1.75. The molecule has 3 rings (SSSR count). The fraction of sp³-hybridized carbons (Fsp3) is 0.650. The maximum atomic E-state index is 9.39. The molecule has 0 spiro atoms. The Morgan fingerprint density at radius 3 is 2.64 bits per heavy atom. The van der Waals surface area contributed by atoms with Crippen LogP contribution in [0.1, 0.15) is 38.2 Å². The summed E-state index contributed by atoms with van der Waals surface area (Å²) in [6.07, 6.45) is 5.40. The number of hydrogen-bond donors (Lipinski definition) is 2. The summed E-state index contributed by atoms with van der Waals surface area (Å²) in [4.78, 5) is 9.88. The lowest BCUT2D eigenvalue weighted by molar-refractivity contribution is 0.198. The van der Waals surface area contributed by atoms with Gasteiger partial charge in [-0.05, 0) is 62.9 Å². The standard InChI is InChI=1S/C20H32N4O/c1-2-21-20(22-14-17-6-8-19(25)9-7-17)24-13-10-18(16-24)15-23-11-4-3-5-12-23/h6-9,18,25H,2-5,10-16H2,1H3,(H,21,22). The van der Waals surface area contributed by atoms with Gasteiger partial charge in [-0.2, -0.15) is 0 Å². The van der Waals surface area contributed by atoms with E-state index in [9.17, 15) is 5.11 Å². The zero-order valence-electron chi connectivity index (χ0n) is 15.5. The van der Waals surface area contributed by atoms with Crippen molar-refractivity contribution in [3.63, 3.8) is 0 Å². The number of piperidine rings is 1. The zero-order chi connectivity index (χ0) is 17.5. The van der Waals surface area contributed by atoms with Crippen LogP contribution < -0.4 is 5.32 Å². The minimum Gasteiger partial charge on any atom is -0.508 e. The summed E-state index contributed by atoms with van der Waals surface area (Å²) >= 11 is 0. The fourth-order valence-electron chi connectivity index (χ4n) is 3.87. The topological polar surface area (TPSA) is 51.1 Å².